The highest BCUT2D eigenvalue weighted by Gasteiger charge is 2.49. The number of aliphatic hydroxyl groups is 4. The molecule has 0 bridgehead atoms. The van der Waals surface area contributed by atoms with Gasteiger partial charge >= 0.3 is 0 Å². The molecule has 0 radical (unpaired) electrons. The molecule has 2 aromatic carbocycles. The van der Waals surface area contributed by atoms with E-state index >= 15 is 0 Å². The molecule has 0 spiro atoms. The van der Waals surface area contributed by atoms with Gasteiger partial charge in [0.2, 0.25) is 5.91 Å². The van der Waals surface area contributed by atoms with Gasteiger partial charge in [-0.1, -0.05) is 66.7 Å². The number of likely N-dealkylation sites (N-methyl/N-ethyl adjacent to an activating group) is 1. The maximum atomic E-state index is 12.3. The Kier molecular flexibility index (Phi) is 7.36. The molecule has 0 saturated carbocycles. The molecule has 1 fully saturated rings. The van der Waals surface area contributed by atoms with Crippen molar-refractivity contribution < 1.29 is 25.2 Å². The molecule has 7 heteroatoms. The molecule has 0 aliphatic carbocycles. The lowest BCUT2D eigenvalue weighted by Crippen LogP contribution is -2.70. The van der Waals surface area contributed by atoms with Crippen LogP contribution in [-0.2, 0) is 4.79 Å². The summed E-state index contributed by atoms with van der Waals surface area (Å²) in [6.45, 7) is -0.261. The smallest absolute Gasteiger partial charge is 0.239 e. The molecule has 0 aromatic heterocycles. The predicted molar refractivity (Wildman–Crippen MR) is 114 cm³/mol. The first-order valence-electron chi connectivity index (χ1n) is 9.92. The first-order valence-corrected chi connectivity index (χ1v) is 9.92. The molecule has 30 heavy (non-hydrogen) atoms. The van der Waals surface area contributed by atoms with Crippen LogP contribution in [0.5, 0.6) is 0 Å². The van der Waals surface area contributed by atoms with Gasteiger partial charge in [0.1, 0.15) is 24.4 Å². The molecular formula is C23H28N2O5. The van der Waals surface area contributed by atoms with Crippen LogP contribution < -0.4 is 5.32 Å². The van der Waals surface area contributed by atoms with Crippen molar-refractivity contribution in [2.45, 2.75) is 30.4 Å². The monoisotopic (exact) mass is 412 g/mol. The maximum absolute atomic E-state index is 12.3. The molecule has 3 rings (SSSR count). The molecule has 5 N–H and O–H groups in total. The molecule has 7 nitrogen and oxygen atoms in total. The van der Waals surface area contributed by atoms with E-state index in [1.54, 1.807) is 6.08 Å². The average Bonchev–Trinajstić information content (AvgIpc) is 2.78. The molecule has 160 valence electrons. The molecule has 1 saturated heterocycles. The minimum atomic E-state index is -1.52. The first kappa shape index (κ1) is 22.1. The minimum Gasteiger partial charge on any atom is -0.395 e. The highest BCUT2D eigenvalue weighted by atomic mass is 16.4. The van der Waals surface area contributed by atoms with Crippen molar-refractivity contribution >= 4 is 12.0 Å². The summed E-state index contributed by atoms with van der Waals surface area (Å²) >= 11 is 0. The second-order valence-electron chi connectivity index (χ2n) is 7.37. The van der Waals surface area contributed by atoms with Gasteiger partial charge < -0.3 is 25.7 Å². The maximum Gasteiger partial charge on any atom is 0.239 e. The van der Waals surface area contributed by atoms with Crippen molar-refractivity contribution in [3.63, 3.8) is 0 Å². The van der Waals surface area contributed by atoms with E-state index in [1.807, 2.05) is 60.7 Å². The lowest BCUT2D eigenvalue weighted by Gasteiger charge is -2.47. The lowest BCUT2D eigenvalue weighted by molar-refractivity contribution is -0.176. The Labute approximate surface area is 175 Å². The van der Waals surface area contributed by atoms with Gasteiger partial charge in [0, 0.05) is 13.6 Å². The fraction of sp³-hybridized carbons (Fsp3) is 0.348. The second kappa shape index (κ2) is 9.97. The number of hydrogen-bond acceptors (Lipinski definition) is 6. The lowest BCUT2D eigenvalue weighted by atomic mass is 9.87. The van der Waals surface area contributed by atoms with Crippen LogP contribution in [0.25, 0.3) is 17.2 Å². The third-order valence-electron chi connectivity index (χ3n) is 5.55. The van der Waals surface area contributed by atoms with E-state index in [0.29, 0.717) is 0 Å². The molecule has 5 atom stereocenters. The van der Waals surface area contributed by atoms with Crippen molar-refractivity contribution in [2.24, 2.45) is 0 Å². The van der Waals surface area contributed by atoms with Gasteiger partial charge in [-0.2, -0.15) is 0 Å². The number of benzene rings is 2. The number of nitrogens with zero attached hydrogens (tertiary/aromatic N) is 1. The Morgan fingerprint density at radius 2 is 1.60 bits per heavy atom. The average molecular weight is 412 g/mol. The Morgan fingerprint density at radius 3 is 2.20 bits per heavy atom. The van der Waals surface area contributed by atoms with E-state index in [4.69, 9.17) is 0 Å². The zero-order chi connectivity index (χ0) is 21.7. The van der Waals surface area contributed by atoms with Crippen LogP contribution in [0.3, 0.4) is 0 Å². The fourth-order valence-corrected chi connectivity index (χ4v) is 3.86. The number of aliphatic hydroxyl groups excluding tert-OH is 4. The van der Waals surface area contributed by atoms with Crippen LogP contribution in [0.15, 0.2) is 60.7 Å². The first-order chi connectivity index (χ1) is 14.5. The van der Waals surface area contributed by atoms with Gasteiger partial charge in [0.15, 0.2) is 0 Å². The number of hydrogen-bond donors (Lipinski definition) is 5. The van der Waals surface area contributed by atoms with E-state index in [-0.39, 0.29) is 6.54 Å². The molecule has 1 heterocycles. The number of carbonyl (C=O) groups is 1. The Balaban J connectivity index is 1.75. The summed E-state index contributed by atoms with van der Waals surface area (Å²) in [5.74, 6) is -0.493. The van der Waals surface area contributed by atoms with Gasteiger partial charge in [-0.3, -0.25) is 9.69 Å². The number of nitrogens with one attached hydrogen (secondary N) is 1. The summed E-state index contributed by atoms with van der Waals surface area (Å²) in [5.41, 5.74) is 3.18. The normalized spacial score (nSPS) is 27.3. The van der Waals surface area contributed by atoms with Gasteiger partial charge in [-0.15, -0.1) is 0 Å². The van der Waals surface area contributed by atoms with E-state index < -0.39 is 42.9 Å². The molecule has 0 unspecified atom stereocenters. The van der Waals surface area contributed by atoms with Crippen LogP contribution in [0.1, 0.15) is 5.56 Å². The summed E-state index contributed by atoms with van der Waals surface area (Å²) < 4.78 is 0. The molecule has 2 aromatic rings. The van der Waals surface area contributed by atoms with Crippen LogP contribution >= 0.6 is 0 Å². The SMILES string of the molecule is CNC(=O)[C@@H]1[C@@H](O)[C@@H](O)[C@H](O)[C@@H](CO)N1CC=Cc1ccc(-c2ccccc2)cc1. The number of likely N-dealkylation sites (tertiary alicyclic amines) is 1. The molecule has 1 aliphatic heterocycles. The van der Waals surface area contributed by atoms with Crippen molar-refractivity contribution in [1.82, 2.24) is 10.2 Å². The fourth-order valence-electron chi connectivity index (χ4n) is 3.86. The summed E-state index contributed by atoms with van der Waals surface area (Å²) in [6.07, 6.45) is -0.692. The largest absolute Gasteiger partial charge is 0.395 e. The van der Waals surface area contributed by atoms with Crippen molar-refractivity contribution in [2.75, 3.05) is 20.2 Å². The number of carbonyl (C=O) groups excluding carboxylic acids is 1. The predicted octanol–water partition coefficient (Wildman–Crippen LogP) is 0.241. The zero-order valence-electron chi connectivity index (χ0n) is 16.8. The van der Waals surface area contributed by atoms with Gasteiger partial charge in [-0.25, -0.2) is 0 Å². The minimum absolute atomic E-state index is 0.199. The Bertz CT molecular complexity index is 856. The molecule has 1 aliphatic rings. The summed E-state index contributed by atoms with van der Waals surface area (Å²) in [6, 6.07) is 16.0. The van der Waals surface area contributed by atoms with Crippen LogP contribution in [0.4, 0.5) is 0 Å². The van der Waals surface area contributed by atoms with Gasteiger partial charge in [0.05, 0.1) is 12.6 Å². The number of amides is 1. The van der Waals surface area contributed by atoms with Crippen molar-refractivity contribution in [1.29, 1.82) is 0 Å². The quantitative estimate of drug-likeness (QED) is 0.465. The van der Waals surface area contributed by atoms with Crippen LogP contribution in [0, 0.1) is 0 Å². The van der Waals surface area contributed by atoms with E-state index in [9.17, 15) is 25.2 Å². The topological polar surface area (TPSA) is 113 Å². The zero-order valence-corrected chi connectivity index (χ0v) is 16.8. The highest BCUT2D eigenvalue weighted by molar-refractivity contribution is 5.82. The van der Waals surface area contributed by atoms with Crippen LogP contribution in [0.2, 0.25) is 0 Å². The van der Waals surface area contributed by atoms with Gasteiger partial charge in [0.25, 0.3) is 0 Å². The summed E-state index contributed by atoms with van der Waals surface area (Å²) in [7, 11) is 1.43. The van der Waals surface area contributed by atoms with Crippen LogP contribution in [-0.4, -0.2) is 81.8 Å². The van der Waals surface area contributed by atoms with E-state index in [2.05, 4.69) is 5.32 Å². The molecular weight excluding hydrogens is 384 g/mol. The second-order valence-corrected chi connectivity index (χ2v) is 7.37. The molecule has 1 amide bonds. The summed E-state index contributed by atoms with van der Waals surface area (Å²) in [4.78, 5) is 13.8. The Hall–Kier alpha value is -2.55. The van der Waals surface area contributed by atoms with Gasteiger partial charge in [-0.05, 0) is 16.7 Å². The third-order valence-corrected chi connectivity index (χ3v) is 5.55. The highest BCUT2D eigenvalue weighted by Crippen LogP contribution is 2.25. The summed E-state index contributed by atoms with van der Waals surface area (Å²) in [5, 5.41) is 42.8. The Morgan fingerprint density at radius 1 is 0.967 bits per heavy atom. The number of piperidine rings is 1. The van der Waals surface area contributed by atoms with E-state index in [0.717, 1.165) is 16.7 Å². The van der Waals surface area contributed by atoms with Crippen molar-refractivity contribution in [3.8, 4) is 11.1 Å². The third kappa shape index (κ3) is 4.61. The van der Waals surface area contributed by atoms with Crippen molar-refractivity contribution in [3.05, 3.63) is 66.2 Å². The van der Waals surface area contributed by atoms with E-state index in [1.165, 1.54) is 11.9 Å². The standard InChI is InChI=1S/C23H28N2O5/c1-24-23(30)19-21(28)22(29)20(27)18(14-26)25(19)13-5-6-15-9-11-17(12-10-15)16-7-3-2-4-8-16/h2-12,18-22,26-29H,13-14H2,1H3,(H,24,30)/t18-,19+,20-,21-,22+/m1/s1. The number of rotatable bonds is 6.